The standard InChI is InChI=1S/C8H7Cl2N2O/c1-4(13)12-8-3-6(10)5(9)2-7(8)11/h2-3H,1,11H2,(H,12,13). The fourth-order valence-electron chi connectivity index (χ4n) is 0.821. The average Bonchev–Trinajstić information content (AvgIpc) is 1.99. The van der Waals surface area contributed by atoms with E-state index in [1.165, 1.54) is 12.1 Å². The summed E-state index contributed by atoms with van der Waals surface area (Å²) in [6.45, 7) is 3.15. The van der Waals surface area contributed by atoms with E-state index in [2.05, 4.69) is 12.2 Å². The Bertz CT molecular complexity index is 352. The van der Waals surface area contributed by atoms with Gasteiger partial charge in [-0.2, -0.15) is 0 Å². The number of hydrogen-bond acceptors (Lipinski definition) is 2. The highest BCUT2D eigenvalue weighted by molar-refractivity contribution is 6.42. The SMILES string of the molecule is [CH2]C(=O)Nc1cc(Cl)c(Cl)cc1N. The Kier molecular flexibility index (Phi) is 3.01. The molecule has 0 atom stereocenters. The Balaban J connectivity index is 3.08. The Morgan fingerprint density at radius 3 is 2.46 bits per heavy atom. The van der Waals surface area contributed by atoms with Crippen LogP contribution in [0.1, 0.15) is 0 Å². The highest BCUT2D eigenvalue weighted by Crippen LogP contribution is 2.30. The van der Waals surface area contributed by atoms with E-state index >= 15 is 0 Å². The van der Waals surface area contributed by atoms with Gasteiger partial charge in [0.15, 0.2) is 0 Å². The fraction of sp³-hybridized carbons (Fsp3) is 0. The number of carbonyl (C=O) groups is 1. The smallest absolute Gasteiger partial charge is 0.224 e. The summed E-state index contributed by atoms with van der Waals surface area (Å²) in [6, 6.07) is 2.94. The van der Waals surface area contributed by atoms with Crippen LogP contribution in [-0.2, 0) is 4.79 Å². The lowest BCUT2D eigenvalue weighted by molar-refractivity contribution is -0.112. The van der Waals surface area contributed by atoms with Crippen molar-refractivity contribution in [3.63, 3.8) is 0 Å². The lowest BCUT2D eigenvalue weighted by Crippen LogP contribution is -2.08. The molecular weight excluding hydrogens is 211 g/mol. The Morgan fingerprint density at radius 1 is 1.38 bits per heavy atom. The average molecular weight is 218 g/mol. The Labute approximate surface area is 85.8 Å². The second-order valence-corrected chi connectivity index (χ2v) is 3.22. The molecule has 1 amide bonds. The zero-order chi connectivity index (χ0) is 10.0. The minimum absolute atomic E-state index is 0.333. The molecule has 0 spiro atoms. The number of anilines is 2. The molecule has 13 heavy (non-hydrogen) atoms. The first-order chi connectivity index (χ1) is 6.00. The molecule has 0 saturated heterocycles. The van der Waals surface area contributed by atoms with Gasteiger partial charge in [-0.3, -0.25) is 4.79 Å². The summed E-state index contributed by atoms with van der Waals surface area (Å²) in [5, 5.41) is 3.10. The van der Waals surface area contributed by atoms with Crippen molar-refractivity contribution in [2.45, 2.75) is 0 Å². The summed E-state index contributed by atoms with van der Waals surface area (Å²) in [6.07, 6.45) is 0. The number of rotatable bonds is 1. The summed E-state index contributed by atoms with van der Waals surface area (Å²) in [4.78, 5) is 10.6. The third-order valence-electron chi connectivity index (χ3n) is 1.37. The van der Waals surface area contributed by atoms with E-state index < -0.39 is 5.91 Å². The van der Waals surface area contributed by atoms with Crippen LogP contribution in [0.2, 0.25) is 10.0 Å². The van der Waals surface area contributed by atoms with Gasteiger partial charge in [-0.25, -0.2) is 0 Å². The summed E-state index contributed by atoms with van der Waals surface area (Å²) in [7, 11) is 0. The molecule has 1 radical (unpaired) electrons. The maximum absolute atomic E-state index is 10.6. The van der Waals surface area contributed by atoms with E-state index in [9.17, 15) is 4.79 Å². The molecule has 5 heteroatoms. The number of benzene rings is 1. The lowest BCUT2D eigenvalue weighted by atomic mass is 10.2. The normalized spacial score (nSPS) is 9.77. The molecule has 0 aliphatic carbocycles. The number of nitrogen functional groups attached to an aromatic ring is 1. The quantitative estimate of drug-likeness (QED) is 0.710. The molecule has 0 aliphatic heterocycles. The molecule has 0 aliphatic rings. The summed E-state index contributed by atoms with van der Waals surface area (Å²) >= 11 is 11.4. The van der Waals surface area contributed by atoms with E-state index in [0.717, 1.165) is 0 Å². The van der Waals surface area contributed by atoms with Gasteiger partial charge in [-0.05, 0) is 12.1 Å². The molecule has 0 fully saturated rings. The van der Waals surface area contributed by atoms with Gasteiger partial charge in [0.2, 0.25) is 5.91 Å². The highest BCUT2D eigenvalue weighted by Gasteiger charge is 2.05. The van der Waals surface area contributed by atoms with Crippen molar-refractivity contribution in [3.05, 3.63) is 29.1 Å². The number of hydrogen-bond donors (Lipinski definition) is 2. The van der Waals surface area contributed by atoms with Gasteiger partial charge in [-0.1, -0.05) is 23.2 Å². The first-order valence-electron chi connectivity index (χ1n) is 3.38. The van der Waals surface area contributed by atoms with Crippen LogP contribution < -0.4 is 11.1 Å². The third-order valence-corrected chi connectivity index (χ3v) is 2.09. The maximum atomic E-state index is 10.6. The minimum atomic E-state index is -0.454. The molecule has 0 saturated carbocycles. The van der Waals surface area contributed by atoms with Crippen LogP contribution in [0.25, 0.3) is 0 Å². The number of carbonyl (C=O) groups excluding carboxylic acids is 1. The van der Waals surface area contributed by atoms with Gasteiger partial charge in [-0.15, -0.1) is 0 Å². The summed E-state index contributed by atoms with van der Waals surface area (Å²) < 4.78 is 0. The highest BCUT2D eigenvalue weighted by atomic mass is 35.5. The van der Waals surface area contributed by atoms with Gasteiger partial charge in [0, 0.05) is 6.92 Å². The fourth-order valence-corrected chi connectivity index (χ4v) is 1.16. The van der Waals surface area contributed by atoms with E-state index in [4.69, 9.17) is 28.9 Å². The van der Waals surface area contributed by atoms with Gasteiger partial charge in [0.05, 0.1) is 21.4 Å². The van der Waals surface area contributed by atoms with E-state index in [0.29, 0.717) is 21.4 Å². The molecule has 69 valence electrons. The molecular formula is C8H7Cl2N2O. The van der Waals surface area contributed by atoms with Crippen LogP contribution in [0, 0.1) is 6.92 Å². The number of amides is 1. The van der Waals surface area contributed by atoms with E-state index in [-0.39, 0.29) is 0 Å². The van der Waals surface area contributed by atoms with Gasteiger partial charge in [0.25, 0.3) is 0 Å². The third kappa shape index (κ3) is 2.50. The Hall–Kier alpha value is -0.930. The molecule has 1 aromatic carbocycles. The maximum Gasteiger partial charge on any atom is 0.224 e. The molecule has 0 aromatic heterocycles. The monoisotopic (exact) mass is 217 g/mol. The first-order valence-corrected chi connectivity index (χ1v) is 4.13. The molecule has 0 bridgehead atoms. The topological polar surface area (TPSA) is 55.1 Å². The van der Waals surface area contributed by atoms with Crippen LogP contribution >= 0.6 is 23.2 Å². The van der Waals surface area contributed by atoms with E-state index in [1.807, 2.05) is 0 Å². The van der Waals surface area contributed by atoms with Crippen LogP contribution in [0.15, 0.2) is 12.1 Å². The van der Waals surface area contributed by atoms with Crippen molar-refractivity contribution in [1.29, 1.82) is 0 Å². The number of halogens is 2. The van der Waals surface area contributed by atoms with E-state index in [1.54, 1.807) is 0 Å². The zero-order valence-corrected chi connectivity index (χ0v) is 8.12. The van der Waals surface area contributed by atoms with Crippen molar-refractivity contribution in [3.8, 4) is 0 Å². The van der Waals surface area contributed by atoms with Crippen molar-refractivity contribution in [1.82, 2.24) is 0 Å². The van der Waals surface area contributed by atoms with Crippen LogP contribution in [0.3, 0.4) is 0 Å². The second-order valence-electron chi connectivity index (χ2n) is 2.40. The molecule has 1 aromatic rings. The van der Waals surface area contributed by atoms with Crippen LogP contribution in [0.5, 0.6) is 0 Å². The van der Waals surface area contributed by atoms with Crippen LogP contribution in [0.4, 0.5) is 11.4 Å². The molecule has 0 heterocycles. The van der Waals surface area contributed by atoms with Crippen molar-refractivity contribution in [2.24, 2.45) is 0 Å². The number of nitrogens with two attached hydrogens (primary N) is 1. The van der Waals surface area contributed by atoms with Gasteiger partial charge >= 0.3 is 0 Å². The molecule has 1 rings (SSSR count). The van der Waals surface area contributed by atoms with Gasteiger partial charge in [0.1, 0.15) is 0 Å². The predicted octanol–water partition coefficient (Wildman–Crippen LogP) is 2.35. The minimum Gasteiger partial charge on any atom is -0.397 e. The van der Waals surface area contributed by atoms with Crippen molar-refractivity contribution < 1.29 is 4.79 Å². The van der Waals surface area contributed by atoms with Crippen LogP contribution in [-0.4, -0.2) is 5.91 Å². The number of nitrogens with one attached hydrogen (secondary N) is 1. The largest absolute Gasteiger partial charge is 0.397 e. The summed E-state index contributed by atoms with van der Waals surface area (Å²) in [5.74, 6) is -0.454. The molecule has 0 unspecified atom stereocenters. The molecule has 3 nitrogen and oxygen atoms in total. The Morgan fingerprint density at radius 2 is 1.92 bits per heavy atom. The van der Waals surface area contributed by atoms with Crippen molar-refractivity contribution in [2.75, 3.05) is 11.1 Å². The predicted molar refractivity (Wildman–Crippen MR) is 54.9 cm³/mol. The summed E-state index contributed by atoms with van der Waals surface area (Å²) in [5.41, 5.74) is 6.32. The zero-order valence-electron chi connectivity index (χ0n) is 6.60. The lowest BCUT2D eigenvalue weighted by Gasteiger charge is -2.07. The van der Waals surface area contributed by atoms with Crippen molar-refractivity contribution >= 4 is 40.5 Å². The molecule has 3 N–H and O–H groups in total. The second kappa shape index (κ2) is 3.85. The van der Waals surface area contributed by atoms with Gasteiger partial charge < -0.3 is 11.1 Å². The first kappa shape index (κ1) is 10.2.